The summed E-state index contributed by atoms with van der Waals surface area (Å²) < 4.78 is 61.8. The van der Waals surface area contributed by atoms with Gasteiger partial charge in [0.2, 0.25) is 5.91 Å². The predicted octanol–water partition coefficient (Wildman–Crippen LogP) is 5.68. The Hall–Kier alpha value is -4.06. The van der Waals surface area contributed by atoms with E-state index in [4.69, 9.17) is 16.3 Å². The number of nitrogens with zero attached hydrogens (tertiary/aromatic N) is 1. The molecule has 4 aromatic carbocycles. The molecule has 4 aromatic rings. The number of ether oxygens (including phenoxy) is 1. The van der Waals surface area contributed by atoms with Gasteiger partial charge in [0, 0.05) is 10.7 Å². The van der Waals surface area contributed by atoms with E-state index in [1.807, 2.05) is 6.92 Å². The van der Waals surface area contributed by atoms with Gasteiger partial charge in [0.05, 0.1) is 27.8 Å². The van der Waals surface area contributed by atoms with Gasteiger partial charge >= 0.3 is 0 Å². The normalized spacial score (nSPS) is 11.5. The lowest BCUT2D eigenvalue weighted by atomic mass is 10.2. The average molecular weight is 614 g/mol. The molecule has 0 unspecified atom stereocenters. The first-order valence-electron chi connectivity index (χ1n) is 12.5. The van der Waals surface area contributed by atoms with Gasteiger partial charge in [-0.25, -0.2) is 16.8 Å². The van der Waals surface area contributed by atoms with Crippen LogP contribution < -0.4 is 19.1 Å². The van der Waals surface area contributed by atoms with Gasteiger partial charge < -0.3 is 10.1 Å². The molecule has 4 rings (SSSR count). The van der Waals surface area contributed by atoms with Crippen molar-refractivity contribution in [1.82, 2.24) is 0 Å². The molecule has 214 valence electrons. The summed E-state index contributed by atoms with van der Waals surface area (Å²) >= 11 is 6.09. The van der Waals surface area contributed by atoms with Gasteiger partial charge in [0.25, 0.3) is 20.0 Å². The Morgan fingerprint density at radius 3 is 2.10 bits per heavy atom. The van der Waals surface area contributed by atoms with E-state index >= 15 is 0 Å². The molecule has 0 bridgehead atoms. The second-order valence-electron chi connectivity index (χ2n) is 8.84. The van der Waals surface area contributed by atoms with Crippen molar-refractivity contribution in [3.63, 3.8) is 0 Å². The molecule has 41 heavy (non-hydrogen) atoms. The monoisotopic (exact) mass is 613 g/mol. The third-order valence-electron chi connectivity index (χ3n) is 6.01. The van der Waals surface area contributed by atoms with Crippen LogP contribution in [0, 0.1) is 6.92 Å². The quantitative estimate of drug-likeness (QED) is 0.224. The Bertz CT molecular complexity index is 1730. The smallest absolute Gasteiger partial charge is 0.264 e. The first kappa shape index (κ1) is 29.9. The zero-order valence-electron chi connectivity index (χ0n) is 22.2. The van der Waals surface area contributed by atoms with Crippen molar-refractivity contribution < 1.29 is 26.4 Å². The molecule has 9 nitrogen and oxygen atoms in total. The van der Waals surface area contributed by atoms with Gasteiger partial charge in [0.15, 0.2) is 0 Å². The molecule has 0 radical (unpaired) electrons. The summed E-state index contributed by atoms with van der Waals surface area (Å²) in [6.07, 6.45) is 0. The van der Waals surface area contributed by atoms with Gasteiger partial charge in [-0.2, -0.15) is 0 Å². The van der Waals surface area contributed by atoms with Gasteiger partial charge in [-0.05, 0) is 92.2 Å². The van der Waals surface area contributed by atoms with E-state index in [0.717, 1.165) is 4.31 Å². The number of hydrogen-bond acceptors (Lipinski definition) is 6. The molecule has 0 aromatic heterocycles. The van der Waals surface area contributed by atoms with Crippen LogP contribution in [0.25, 0.3) is 0 Å². The standard InChI is InChI=1S/C29H28ClN3O6S2/c1-3-39-24-14-18-26(19-15-24)41(37,38)33(23-8-5-4-6-9-23)20-29(34)31-22-12-16-25(17-13-22)40(35,36)32-28-11-7-10-27(30)21(28)2/h4-19,32H,3,20H2,1-2H3,(H,31,34). The number of anilines is 3. The van der Waals surface area contributed by atoms with Crippen LogP contribution in [0.1, 0.15) is 12.5 Å². The number of sulfonamides is 2. The minimum absolute atomic E-state index is 0.00499. The summed E-state index contributed by atoms with van der Waals surface area (Å²) in [4.78, 5) is 13.0. The molecule has 0 aliphatic rings. The van der Waals surface area contributed by atoms with Crippen molar-refractivity contribution in [2.24, 2.45) is 0 Å². The average Bonchev–Trinajstić information content (AvgIpc) is 2.95. The van der Waals surface area contributed by atoms with Crippen LogP contribution in [-0.2, 0) is 24.8 Å². The summed E-state index contributed by atoms with van der Waals surface area (Å²) in [6, 6.07) is 24.6. The molecule has 1 amide bonds. The minimum Gasteiger partial charge on any atom is -0.494 e. The molecule has 0 saturated carbocycles. The zero-order chi connectivity index (χ0) is 29.6. The number of rotatable bonds is 11. The van der Waals surface area contributed by atoms with Gasteiger partial charge in [-0.15, -0.1) is 0 Å². The summed E-state index contributed by atoms with van der Waals surface area (Å²) in [7, 11) is -8.04. The van der Waals surface area contributed by atoms with Gasteiger partial charge in [0.1, 0.15) is 12.3 Å². The minimum atomic E-state index is -4.12. The highest BCUT2D eigenvalue weighted by Gasteiger charge is 2.27. The molecule has 12 heteroatoms. The second-order valence-corrected chi connectivity index (χ2v) is 12.8. The van der Waals surface area contributed by atoms with E-state index in [2.05, 4.69) is 10.0 Å². The van der Waals surface area contributed by atoms with Crippen LogP contribution >= 0.6 is 11.6 Å². The largest absolute Gasteiger partial charge is 0.494 e. The van der Waals surface area contributed by atoms with Gasteiger partial charge in [-0.1, -0.05) is 35.9 Å². The number of carbonyl (C=O) groups excluding carboxylic acids is 1. The molecule has 0 atom stereocenters. The van der Waals surface area contributed by atoms with Crippen molar-refractivity contribution in [3.8, 4) is 5.75 Å². The maximum absolute atomic E-state index is 13.6. The predicted molar refractivity (Wildman–Crippen MR) is 161 cm³/mol. The maximum Gasteiger partial charge on any atom is 0.264 e. The SMILES string of the molecule is CCOc1ccc(S(=O)(=O)N(CC(=O)Nc2ccc(S(=O)(=O)Nc3cccc(Cl)c3C)cc2)c2ccccc2)cc1. The lowest BCUT2D eigenvalue weighted by molar-refractivity contribution is -0.114. The molecule has 0 fully saturated rings. The Kier molecular flexibility index (Phi) is 9.21. The number of nitrogens with one attached hydrogen (secondary N) is 2. The van der Waals surface area contributed by atoms with E-state index in [1.165, 1.54) is 36.4 Å². The fourth-order valence-electron chi connectivity index (χ4n) is 3.88. The maximum atomic E-state index is 13.6. The molecule has 0 aliphatic heterocycles. The fourth-order valence-corrected chi connectivity index (χ4v) is 6.60. The van der Waals surface area contributed by atoms with Gasteiger partial charge in [-0.3, -0.25) is 13.8 Å². The number of hydrogen-bond donors (Lipinski definition) is 2. The molecule has 0 saturated heterocycles. The van der Waals surface area contributed by atoms with E-state index in [-0.39, 0.29) is 9.79 Å². The second kappa shape index (κ2) is 12.6. The highest BCUT2D eigenvalue weighted by molar-refractivity contribution is 7.93. The lowest BCUT2D eigenvalue weighted by Crippen LogP contribution is -2.38. The van der Waals surface area contributed by atoms with E-state index in [9.17, 15) is 21.6 Å². The zero-order valence-corrected chi connectivity index (χ0v) is 24.6. The molecule has 0 spiro atoms. The fraction of sp³-hybridized carbons (Fsp3) is 0.138. The first-order valence-corrected chi connectivity index (χ1v) is 15.8. The highest BCUT2D eigenvalue weighted by Crippen LogP contribution is 2.27. The summed E-state index contributed by atoms with van der Waals surface area (Å²) in [5, 5.41) is 3.07. The van der Waals surface area contributed by atoms with Crippen LogP contribution in [0.15, 0.2) is 107 Å². The van der Waals surface area contributed by atoms with Crippen molar-refractivity contribution in [3.05, 3.63) is 108 Å². The van der Waals surface area contributed by atoms with Crippen LogP contribution in [0.5, 0.6) is 5.75 Å². The lowest BCUT2D eigenvalue weighted by Gasteiger charge is -2.24. The number of halogens is 1. The molecule has 0 aliphatic carbocycles. The first-order chi connectivity index (χ1) is 19.5. The van der Waals surface area contributed by atoms with Crippen molar-refractivity contribution in [2.75, 3.05) is 27.5 Å². The van der Waals surface area contributed by atoms with E-state index < -0.39 is 32.5 Å². The highest BCUT2D eigenvalue weighted by atomic mass is 35.5. The Labute approximate surface area is 244 Å². The summed E-state index contributed by atoms with van der Waals surface area (Å²) in [6.45, 7) is 3.45. The van der Waals surface area contributed by atoms with Crippen molar-refractivity contribution >= 4 is 54.6 Å². The third kappa shape index (κ3) is 7.18. The van der Waals surface area contributed by atoms with Crippen LogP contribution in [-0.4, -0.2) is 35.9 Å². The molecular formula is C29H28ClN3O6S2. The van der Waals surface area contributed by atoms with Crippen molar-refractivity contribution in [1.29, 1.82) is 0 Å². The van der Waals surface area contributed by atoms with E-state index in [0.29, 0.717) is 40.0 Å². The molecule has 2 N–H and O–H groups in total. The van der Waals surface area contributed by atoms with Crippen LogP contribution in [0.2, 0.25) is 5.02 Å². The summed E-state index contributed by atoms with van der Waals surface area (Å²) in [5.41, 5.74) is 1.54. The topological polar surface area (TPSA) is 122 Å². The molecule has 0 heterocycles. The number of benzene rings is 4. The van der Waals surface area contributed by atoms with E-state index in [1.54, 1.807) is 67.6 Å². The van der Waals surface area contributed by atoms with Crippen LogP contribution in [0.3, 0.4) is 0 Å². The Balaban J connectivity index is 1.51. The number of para-hydroxylation sites is 1. The number of carbonyl (C=O) groups is 1. The molecular weight excluding hydrogens is 586 g/mol. The summed E-state index contributed by atoms with van der Waals surface area (Å²) in [5.74, 6) is -0.0922. The van der Waals surface area contributed by atoms with Crippen molar-refractivity contribution in [2.45, 2.75) is 23.6 Å². The number of amides is 1. The Morgan fingerprint density at radius 1 is 0.829 bits per heavy atom. The third-order valence-corrected chi connectivity index (χ3v) is 9.59. The Morgan fingerprint density at radius 2 is 1.46 bits per heavy atom. The van der Waals surface area contributed by atoms with Crippen LogP contribution in [0.4, 0.5) is 17.1 Å².